The van der Waals surface area contributed by atoms with E-state index in [9.17, 15) is 0 Å². The van der Waals surface area contributed by atoms with Crippen LogP contribution in [0.5, 0.6) is 5.75 Å². The largest absolute Gasteiger partial charge is 0.497 e. The van der Waals surface area contributed by atoms with Crippen LogP contribution >= 0.6 is 0 Å². The van der Waals surface area contributed by atoms with E-state index in [1.54, 1.807) is 13.2 Å². The van der Waals surface area contributed by atoms with E-state index < -0.39 is 5.79 Å². The number of hydrogen-bond donors (Lipinski definition) is 0. The lowest BCUT2D eigenvalue weighted by Gasteiger charge is -2.26. The second-order valence-electron chi connectivity index (χ2n) is 7.50. The Labute approximate surface area is 173 Å². The summed E-state index contributed by atoms with van der Waals surface area (Å²) in [5.41, 5.74) is 2.16. The third kappa shape index (κ3) is 6.15. The highest BCUT2D eigenvalue weighted by Crippen LogP contribution is 2.32. The van der Waals surface area contributed by atoms with Crippen molar-refractivity contribution in [1.29, 1.82) is 0 Å². The van der Waals surface area contributed by atoms with Gasteiger partial charge in [0, 0.05) is 0 Å². The van der Waals surface area contributed by atoms with Gasteiger partial charge in [-0.3, -0.25) is 0 Å². The first-order valence-electron chi connectivity index (χ1n) is 9.85. The number of methoxy groups -OCH3 is 1. The first-order valence-corrected chi connectivity index (χ1v) is 9.85. The number of hydrogen-bond acceptors (Lipinski definition) is 5. The molecule has 1 fully saturated rings. The first-order chi connectivity index (χ1) is 14.0. The molecular formula is C24H30O5. The zero-order valence-electron chi connectivity index (χ0n) is 17.4. The normalized spacial score (nSPS) is 21.6. The van der Waals surface area contributed by atoms with Gasteiger partial charge in [-0.25, -0.2) is 0 Å². The van der Waals surface area contributed by atoms with Gasteiger partial charge < -0.3 is 23.7 Å². The third-order valence-corrected chi connectivity index (χ3v) is 4.78. The molecule has 3 atom stereocenters. The van der Waals surface area contributed by atoms with Crippen molar-refractivity contribution in [3.05, 3.63) is 78.4 Å². The second kappa shape index (κ2) is 10.0. The Bertz CT molecular complexity index is 757. The van der Waals surface area contributed by atoms with Gasteiger partial charge in [0.05, 0.1) is 26.9 Å². The van der Waals surface area contributed by atoms with Gasteiger partial charge in [-0.05, 0) is 37.1 Å². The molecule has 0 spiro atoms. The molecule has 0 aliphatic carbocycles. The molecule has 29 heavy (non-hydrogen) atoms. The van der Waals surface area contributed by atoms with Gasteiger partial charge in [-0.2, -0.15) is 0 Å². The van der Waals surface area contributed by atoms with Gasteiger partial charge >= 0.3 is 0 Å². The smallest absolute Gasteiger partial charge is 0.164 e. The maximum absolute atomic E-state index is 6.21. The molecule has 0 unspecified atom stereocenters. The van der Waals surface area contributed by atoms with Gasteiger partial charge in [0.1, 0.15) is 24.1 Å². The fraction of sp³-hybridized carbons (Fsp3) is 0.417. The van der Waals surface area contributed by atoms with Crippen LogP contribution in [0.4, 0.5) is 0 Å². The van der Waals surface area contributed by atoms with Crippen LogP contribution in [0.3, 0.4) is 0 Å². The monoisotopic (exact) mass is 398 g/mol. The van der Waals surface area contributed by atoms with Crippen LogP contribution in [0.25, 0.3) is 0 Å². The van der Waals surface area contributed by atoms with E-state index in [-0.39, 0.29) is 18.3 Å². The second-order valence-corrected chi connectivity index (χ2v) is 7.50. The molecule has 1 aliphatic heterocycles. The standard InChI is InChI=1S/C24H30O5/c1-5-21-23(29-24(2,3)28-21)22(27-16-18-9-7-6-8-10-18)17-26-15-19-11-13-20(25-4)14-12-19/h5-14,21-23H,1,15-17H2,2-4H3/t21-,22-,23-/m1/s1. The van der Waals surface area contributed by atoms with E-state index in [4.69, 9.17) is 23.7 Å². The zero-order chi connectivity index (χ0) is 20.7. The minimum atomic E-state index is -0.687. The van der Waals surface area contributed by atoms with Crippen molar-refractivity contribution in [3.8, 4) is 5.75 Å². The molecule has 2 aromatic carbocycles. The molecule has 0 N–H and O–H groups in total. The van der Waals surface area contributed by atoms with Crippen molar-refractivity contribution in [2.24, 2.45) is 0 Å². The molecule has 1 saturated heterocycles. The molecule has 2 aromatic rings. The minimum Gasteiger partial charge on any atom is -0.497 e. The average molecular weight is 398 g/mol. The molecule has 0 bridgehead atoms. The first kappa shape index (κ1) is 21.5. The molecule has 1 heterocycles. The quantitative estimate of drug-likeness (QED) is 0.551. The fourth-order valence-electron chi connectivity index (χ4n) is 3.32. The molecule has 5 nitrogen and oxygen atoms in total. The van der Waals surface area contributed by atoms with E-state index in [0.29, 0.717) is 19.8 Å². The Morgan fingerprint density at radius 1 is 1.00 bits per heavy atom. The van der Waals surface area contributed by atoms with E-state index >= 15 is 0 Å². The molecular weight excluding hydrogens is 368 g/mol. The highest BCUT2D eigenvalue weighted by molar-refractivity contribution is 5.26. The zero-order valence-corrected chi connectivity index (χ0v) is 17.4. The van der Waals surface area contributed by atoms with Gasteiger partial charge in [0.2, 0.25) is 0 Å². The molecule has 156 valence electrons. The lowest BCUT2D eigenvalue weighted by molar-refractivity contribution is -0.166. The molecule has 1 aliphatic rings. The predicted molar refractivity (Wildman–Crippen MR) is 112 cm³/mol. The molecule has 0 aromatic heterocycles. The summed E-state index contributed by atoms with van der Waals surface area (Å²) in [5, 5.41) is 0. The van der Waals surface area contributed by atoms with Crippen LogP contribution in [-0.4, -0.2) is 37.8 Å². The minimum absolute atomic E-state index is 0.254. The van der Waals surface area contributed by atoms with Crippen molar-refractivity contribution in [3.63, 3.8) is 0 Å². The van der Waals surface area contributed by atoms with Crippen molar-refractivity contribution < 1.29 is 23.7 Å². The predicted octanol–water partition coefficient (Wildman–Crippen LogP) is 4.50. The molecule has 3 rings (SSSR count). The number of rotatable bonds is 10. The highest BCUT2D eigenvalue weighted by atomic mass is 16.8. The maximum atomic E-state index is 6.21. The summed E-state index contributed by atoms with van der Waals surface area (Å²) < 4.78 is 29.5. The summed E-state index contributed by atoms with van der Waals surface area (Å²) >= 11 is 0. The Morgan fingerprint density at radius 2 is 1.69 bits per heavy atom. The summed E-state index contributed by atoms with van der Waals surface area (Å²) in [6, 6.07) is 17.9. The highest BCUT2D eigenvalue weighted by Gasteiger charge is 2.44. The summed E-state index contributed by atoms with van der Waals surface area (Å²) in [6.45, 7) is 9.02. The van der Waals surface area contributed by atoms with E-state index in [0.717, 1.165) is 16.9 Å². The molecule has 0 radical (unpaired) electrons. The summed E-state index contributed by atoms with van der Waals surface area (Å²) in [5.74, 6) is 0.138. The van der Waals surface area contributed by atoms with Gasteiger partial charge in [-0.1, -0.05) is 48.5 Å². The Hall–Kier alpha value is -2.18. The van der Waals surface area contributed by atoms with Crippen LogP contribution < -0.4 is 4.74 Å². The van der Waals surface area contributed by atoms with Crippen LogP contribution in [0.2, 0.25) is 0 Å². The number of benzene rings is 2. The van der Waals surface area contributed by atoms with Gasteiger partial charge in [-0.15, -0.1) is 6.58 Å². The Balaban J connectivity index is 1.63. The topological polar surface area (TPSA) is 46.2 Å². The third-order valence-electron chi connectivity index (χ3n) is 4.78. The van der Waals surface area contributed by atoms with Crippen molar-refractivity contribution in [1.82, 2.24) is 0 Å². The van der Waals surface area contributed by atoms with Gasteiger partial charge in [0.25, 0.3) is 0 Å². The maximum Gasteiger partial charge on any atom is 0.164 e. The van der Waals surface area contributed by atoms with E-state index in [1.807, 2.05) is 68.4 Å². The van der Waals surface area contributed by atoms with Crippen molar-refractivity contribution in [2.45, 2.75) is 51.2 Å². The molecule has 0 saturated carbocycles. The van der Waals surface area contributed by atoms with E-state index in [1.165, 1.54) is 0 Å². The Morgan fingerprint density at radius 3 is 2.34 bits per heavy atom. The molecule has 0 amide bonds. The SMILES string of the molecule is C=C[C@H]1OC(C)(C)O[C@H]1[C@@H](COCc1ccc(OC)cc1)OCc1ccccc1. The van der Waals surface area contributed by atoms with Gasteiger partial charge in [0.15, 0.2) is 5.79 Å². The van der Waals surface area contributed by atoms with Crippen molar-refractivity contribution in [2.75, 3.05) is 13.7 Å². The molecule has 5 heteroatoms. The Kier molecular flexibility index (Phi) is 7.45. The summed E-state index contributed by atoms with van der Waals surface area (Å²) in [6.07, 6.45) is 0.928. The van der Waals surface area contributed by atoms with E-state index in [2.05, 4.69) is 6.58 Å². The number of ether oxygens (including phenoxy) is 5. The summed E-state index contributed by atoms with van der Waals surface area (Å²) in [4.78, 5) is 0. The summed E-state index contributed by atoms with van der Waals surface area (Å²) in [7, 11) is 1.65. The van der Waals surface area contributed by atoms with Crippen LogP contribution in [0.15, 0.2) is 67.3 Å². The van der Waals surface area contributed by atoms with Crippen molar-refractivity contribution >= 4 is 0 Å². The van der Waals surface area contributed by atoms with Crippen LogP contribution in [0, 0.1) is 0 Å². The average Bonchev–Trinajstić information content (AvgIpc) is 3.06. The van der Waals surface area contributed by atoms with Crippen LogP contribution in [-0.2, 0) is 32.2 Å². The lowest BCUT2D eigenvalue weighted by atomic mass is 10.1. The lowest BCUT2D eigenvalue weighted by Crippen LogP contribution is -2.39. The van der Waals surface area contributed by atoms with Crippen LogP contribution in [0.1, 0.15) is 25.0 Å². The fourth-order valence-corrected chi connectivity index (χ4v) is 3.32.